The molecule has 0 radical (unpaired) electrons. The molecule has 0 unspecified atom stereocenters. The summed E-state index contributed by atoms with van der Waals surface area (Å²) in [5, 5.41) is 0.576. The van der Waals surface area contributed by atoms with E-state index in [0.717, 1.165) is 5.56 Å². The number of halogens is 1. The van der Waals surface area contributed by atoms with Gasteiger partial charge in [-0.2, -0.15) is 0 Å². The van der Waals surface area contributed by atoms with Crippen LogP contribution in [0.1, 0.15) is 16.1 Å². The van der Waals surface area contributed by atoms with Crippen molar-refractivity contribution >= 4 is 17.4 Å². The molecule has 0 saturated carbocycles. The third-order valence-electron chi connectivity index (χ3n) is 2.45. The van der Waals surface area contributed by atoms with Crippen LogP contribution in [0, 0.1) is 0 Å². The number of nitrogens with zero attached hydrogens (tertiary/aromatic N) is 2. The van der Waals surface area contributed by atoms with Crippen molar-refractivity contribution in [3.63, 3.8) is 0 Å². The molecule has 92 valence electrons. The predicted octanol–water partition coefficient (Wildman–Crippen LogP) is 2.56. The van der Waals surface area contributed by atoms with Crippen molar-refractivity contribution < 1.29 is 9.53 Å². The zero-order valence-electron chi connectivity index (χ0n) is 9.76. The Hall–Kier alpha value is -1.94. The summed E-state index contributed by atoms with van der Waals surface area (Å²) in [5.41, 5.74) is 1.10. The van der Waals surface area contributed by atoms with Crippen LogP contribution in [0.25, 0.3) is 0 Å². The van der Waals surface area contributed by atoms with E-state index in [2.05, 4.69) is 9.97 Å². The minimum Gasteiger partial charge on any atom is -0.481 e. The Balaban J connectivity index is 2.19. The van der Waals surface area contributed by atoms with Gasteiger partial charge in [0.1, 0.15) is 12.0 Å². The van der Waals surface area contributed by atoms with E-state index in [1.165, 1.54) is 19.5 Å². The summed E-state index contributed by atoms with van der Waals surface area (Å²) < 4.78 is 4.95. The van der Waals surface area contributed by atoms with E-state index in [4.69, 9.17) is 16.3 Å². The second-order valence-electron chi connectivity index (χ2n) is 3.64. The molecule has 2 aromatic rings. The van der Waals surface area contributed by atoms with Gasteiger partial charge in [0.25, 0.3) is 0 Å². The Kier molecular flexibility index (Phi) is 3.89. The number of carbonyl (C=O) groups excluding carboxylic acids is 1. The summed E-state index contributed by atoms with van der Waals surface area (Å²) in [6, 6.07) is 8.75. The van der Waals surface area contributed by atoms with Gasteiger partial charge in [-0.1, -0.05) is 29.8 Å². The molecule has 0 N–H and O–H groups in total. The number of rotatable bonds is 4. The maximum atomic E-state index is 12.0. The minimum absolute atomic E-state index is 0.121. The van der Waals surface area contributed by atoms with Gasteiger partial charge in [0.05, 0.1) is 7.11 Å². The van der Waals surface area contributed by atoms with Crippen LogP contribution in [-0.4, -0.2) is 22.9 Å². The molecule has 0 bridgehead atoms. The summed E-state index contributed by atoms with van der Waals surface area (Å²) >= 11 is 6.00. The molecule has 0 fully saturated rings. The monoisotopic (exact) mass is 262 g/mol. The van der Waals surface area contributed by atoms with E-state index in [9.17, 15) is 4.79 Å². The van der Waals surface area contributed by atoms with Crippen LogP contribution in [0.2, 0.25) is 5.02 Å². The smallest absolute Gasteiger partial charge is 0.216 e. The SMILES string of the molecule is COc1cc(C(=O)Cc2ccccc2Cl)ncn1. The Morgan fingerprint density at radius 3 is 2.83 bits per heavy atom. The van der Waals surface area contributed by atoms with Crippen LogP contribution < -0.4 is 4.74 Å². The molecule has 5 heteroatoms. The molecule has 0 aliphatic rings. The van der Waals surface area contributed by atoms with Crippen LogP contribution in [0.4, 0.5) is 0 Å². The van der Waals surface area contributed by atoms with Crippen molar-refractivity contribution in [2.75, 3.05) is 7.11 Å². The molecule has 0 atom stereocenters. The Morgan fingerprint density at radius 1 is 1.33 bits per heavy atom. The van der Waals surface area contributed by atoms with Crippen LogP contribution in [-0.2, 0) is 6.42 Å². The van der Waals surface area contributed by atoms with Gasteiger partial charge in [-0.3, -0.25) is 4.79 Å². The Bertz CT molecular complexity index is 572. The third kappa shape index (κ3) is 2.84. The van der Waals surface area contributed by atoms with Crippen LogP contribution in [0.5, 0.6) is 5.88 Å². The van der Waals surface area contributed by atoms with Gasteiger partial charge in [-0.05, 0) is 11.6 Å². The first-order chi connectivity index (χ1) is 8.70. The largest absolute Gasteiger partial charge is 0.481 e. The highest BCUT2D eigenvalue weighted by atomic mass is 35.5. The van der Waals surface area contributed by atoms with Crippen molar-refractivity contribution in [3.8, 4) is 5.88 Å². The number of benzene rings is 1. The fourth-order valence-electron chi connectivity index (χ4n) is 1.51. The second-order valence-corrected chi connectivity index (χ2v) is 4.04. The molecule has 0 amide bonds. The zero-order valence-corrected chi connectivity index (χ0v) is 10.5. The lowest BCUT2D eigenvalue weighted by Crippen LogP contribution is -2.07. The first-order valence-electron chi connectivity index (χ1n) is 5.33. The van der Waals surface area contributed by atoms with E-state index >= 15 is 0 Å². The van der Waals surface area contributed by atoms with Gasteiger partial charge < -0.3 is 4.74 Å². The molecule has 0 saturated heterocycles. The van der Waals surface area contributed by atoms with Gasteiger partial charge in [-0.15, -0.1) is 0 Å². The molecular weight excluding hydrogens is 252 g/mol. The average Bonchev–Trinajstić information content (AvgIpc) is 2.41. The quantitative estimate of drug-likeness (QED) is 0.795. The maximum Gasteiger partial charge on any atom is 0.216 e. The molecule has 1 aromatic heterocycles. The number of carbonyl (C=O) groups is 1. The first kappa shape index (κ1) is 12.5. The lowest BCUT2D eigenvalue weighted by molar-refractivity contribution is 0.0987. The minimum atomic E-state index is -0.121. The molecular formula is C13H11ClN2O2. The number of methoxy groups -OCH3 is 1. The number of aromatic nitrogens is 2. The van der Waals surface area contributed by atoms with Gasteiger partial charge in [0.15, 0.2) is 5.78 Å². The highest BCUT2D eigenvalue weighted by Gasteiger charge is 2.11. The van der Waals surface area contributed by atoms with Crippen molar-refractivity contribution in [1.29, 1.82) is 0 Å². The number of hydrogen-bond donors (Lipinski definition) is 0. The first-order valence-corrected chi connectivity index (χ1v) is 5.71. The molecule has 1 aromatic carbocycles. The lowest BCUT2D eigenvalue weighted by Gasteiger charge is -2.04. The highest BCUT2D eigenvalue weighted by molar-refractivity contribution is 6.31. The standard InChI is InChI=1S/C13H11ClN2O2/c1-18-13-7-11(15-8-16-13)12(17)6-9-4-2-3-5-10(9)14/h2-5,7-8H,6H2,1H3. The molecule has 0 spiro atoms. The topological polar surface area (TPSA) is 52.1 Å². The molecule has 2 rings (SSSR count). The summed E-state index contributed by atoms with van der Waals surface area (Å²) in [5.74, 6) is 0.247. The molecule has 0 aliphatic carbocycles. The van der Waals surface area contributed by atoms with Crippen molar-refractivity contribution in [2.45, 2.75) is 6.42 Å². The summed E-state index contributed by atoms with van der Waals surface area (Å²) in [7, 11) is 1.49. The third-order valence-corrected chi connectivity index (χ3v) is 2.81. The number of ketones is 1. The van der Waals surface area contributed by atoms with Crippen LogP contribution in [0.15, 0.2) is 36.7 Å². The van der Waals surface area contributed by atoms with E-state index in [1.54, 1.807) is 6.07 Å². The molecule has 18 heavy (non-hydrogen) atoms. The zero-order chi connectivity index (χ0) is 13.0. The van der Waals surface area contributed by atoms with Crippen LogP contribution >= 0.6 is 11.6 Å². The normalized spacial score (nSPS) is 10.1. The van der Waals surface area contributed by atoms with E-state index in [-0.39, 0.29) is 12.2 Å². The van der Waals surface area contributed by atoms with Crippen molar-refractivity contribution in [2.24, 2.45) is 0 Å². The fourth-order valence-corrected chi connectivity index (χ4v) is 1.71. The summed E-state index contributed by atoms with van der Waals surface area (Å²) in [6.45, 7) is 0. The van der Waals surface area contributed by atoms with Crippen LogP contribution in [0.3, 0.4) is 0 Å². The van der Waals surface area contributed by atoms with Gasteiger partial charge >= 0.3 is 0 Å². The summed E-state index contributed by atoms with van der Waals surface area (Å²) in [6.07, 6.45) is 1.51. The lowest BCUT2D eigenvalue weighted by atomic mass is 10.1. The number of ether oxygens (including phenoxy) is 1. The molecule has 0 aliphatic heterocycles. The predicted molar refractivity (Wildman–Crippen MR) is 68.1 cm³/mol. The van der Waals surface area contributed by atoms with E-state index < -0.39 is 0 Å². The second kappa shape index (κ2) is 5.60. The average molecular weight is 263 g/mol. The Morgan fingerprint density at radius 2 is 2.11 bits per heavy atom. The molecule has 4 nitrogen and oxygen atoms in total. The van der Waals surface area contributed by atoms with Gasteiger partial charge in [0.2, 0.25) is 5.88 Å². The van der Waals surface area contributed by atoms with Gasteiger partial charge in [-0.25, -0.2) is 9.97 Å². The number of Topliss-reactive ketones (excluding diaryl/α,β-unsaturated/α-hetero) is 1. The number of hydrogen-bond acceptors (Lipinski definition) is 4. The van der Waals surface area contributed by atoms with Crippen molar-refractivity contribution in [1.82, 2.24) is 9.97 Å². The van der Waals surface area contributed by atoms with E-state index in [0.29, 0.717) is 16.6 Å². The highest BCUT2D eigenvalue weighted by Crippen LogP contribution is 2.17. The summed E-state index contributed by atoms with van der Waals surface area (Å²) in [4.78, 5) is 19.8. The van der Waals surface area contributed by atoms with Gasteiger partial charge in [0, 0.05) is 17.5 Å². The molecule has 1 heterocycles. The van der Waals surface area contributed by atoms with Crippen molar-refractivity contribution in [3.05, 3.63) is 52.9 Å². The Labute approximate surface area is 110 Å². The fraction of sp³-hybridized carbons (Fsp3) is 0.154. The van der Waals surface area contributed by atoms with E-state index in [1.807, 2.05) is 18.2 Å². The maximum absolute atomic E-state index is 12.0.